The Kier molecular flexibility index (Phi) is 7.61. The summed E-state index contributed by atoms with van der Waals surface area (Å²) >= 11 is 1.74. The van der Waals surface area contributed by atoms with Gasteiger partial charge in [-0.25, -0.2) is 0 Å². The van der Waals surface area contributed by atoms with E-state index >= 15 is 0 Å². The van der Waals surface area contributed by atoms with Crippen molar-refractivity contribution in [1.82, 2.24) is 5.32 Å². The number of aliphatic carboxylic acids is 1. The van der Waals surface area contributed by atoms with Crippen LogP contribution < -0.4 is 10.1 Å². The van der Waals surface area contributed by atoms with Crippen LogP contribution in [-0.4, -0.2) is 36.0 Å². The summed E-state index contributed by atoms with van der Waals surface area (Å²) in [5.41, 5.74) is -0.823. The highest BCUT2D eigenvalue weighted by Crippen LogP contribution is 2.23. The molecule has 1 aromatic carbocycles. The Morgan fingerprint density at radius 3 is 2.57 bits per heavy atom. The molecule has 0 aliphatic rings. The summed E-state index contributed by atoms with van der Waals surface area (Å²) in [4.78, 5) is 12.6. The third kappa shape index (κ3) is 5.98. The summed E-state index contributed by atoms with van der Waals surface area (Å²) in [6.07, 6.45) is 2.42. The van der Waals surface area contributed by atoms with Gasteiger partial charge in [0, 0.05) is 4.90 Å². The van der Waals surface area contributed by atoms with Crippen LogP contribution in [0.5, 0.6) is 5.75 Å². The van der Waals surface area contributed by atoms with Gasteiger partial charge in [-0.05, 0) is 62.7 Å². The van der Waals surface area contributed by atoms with Crippen LogP contribution >= 0.6 is 11.8 Å². The lowest BCUT2D eigenvalue weighted by Crippen LogP contribution is -2.49. The van der Waals surface area contributed by atoms with Crippen LogP contribution in [0.2, 0.25) is 0 Å². The molecule has 0 fully saturated rings. The molecule has 0 aliphatic heterocycles. The van der Waals surface area contributed by atoms with Crippen molar-refractivity contribution in [1.29, 1.82) is 0 Å². The van der Waals surface area contributed by atoms with Crippen LogP contribution in [0.15, 0.2) is 29.2 Å². The number of carboxylic acids is 1. The van der Waals surface area contributed by atoms with E-state index in [0.29, 0.717) is 6.42 Å². The van der Waals surface area contributed by atoms with E-state index < -0.39 is 11.5 Å². The topological polar surface area (TPSA) is 58.6 Å². The fourth-order valence-corrected chi connectivity index (χ4v) is 2.81. The highest BCUT2D eigenvalue weighted by molar-refractivity contribution is 7.99. The minimum absolute atomic E-state index is 0.630. The van der Waals surface area contributed by atoms with Crippen molar-refractivity contribution in [2.45, 2.75) is 43.5 Å². The Morgan fingerprint density at radius 2 is 2.05 bits per heavy atom. The van der Waals surface area contributed by atoms with E-state index in [4.69, 9.17) is 4.74 Å². The second-order valence-corrected chi connectivity index (χ2v) is 6.36. The van der Waals surface area contributed by atoms with E-state index in [9.17, 15) is 9.90 Å². The van der Waals surface area contributed by atoms with E-state index in [1.165, 1.54) is 4.90 Å². The Hall–Kier alpha value is -1.20. The molecule has 0 radical (unpaired) electrons. The zero-order chi connectivity index (χ0) is 15.7. The molecule has 1 aromatic rings. The Bertz CT molecular complexity index is 436. The van der Waals surface area contributed by atoms with Gasteiger partial charge in [0.25, 0.3) is 0 Å². The Balaban J connectivity index is 2.38. The standard InChI is InChI=1S/C16H25NO3S/c1-4-11-17-16(2,15(18)19)10-5-12-21-14-8-6-13(20-3)7-9-14/h6-9,17H,4-5,10-12H2,1-3H3,(H,18,19). The minimum Gasteiger partial charge on any atom is -0.497 e. The molecule has 1 atom stereocenters. The van der Waals surface area contributed by atoms with Crippen LogP contribution in [-0.2, 0) is 4.79 Å². The molecule has 0 aromatic heterocycles. The SMILES string of the molecule is CCCNC(C)(CCCSc1ccc(OC)cc1)C(=O)O. The predicted octanol–water partition coefficient (Wildman–Crippen LogP) is 3.41. The molecule has 118 valence electrons. The van der Waals surface area contributed by atoms with Gasteiger partial charge in [0.05, 0.1) is 7.11 Å². The van der Waals surface area contributed by atoms with Crippen LogP contribution in [0.3, 0.4) is 0 Å². The summed E-state index contributed by atoms with van der Waals surface area (Å²) in [7, 11) is 1.65. The van der Waals surface area contributed by atoms with Gasteiger partial charge in [0.15, 0.2) is 0 Å². The zero-order valence-electron chi connectivity index (χ0n) is 13.0. The summed E-state index contributed by atoms with van der Waals surface area (Å²) < 4.78 is 5.12. The minimum atomic E-state index is -0.823. The summed E-state index contributed by atoms with van der Waals surface area (Å²) in [5, 5.41) is 12.5. The summed E-state index contributed by atoms with van der Waals surface area (Å²) in [6, 6.07) is 7.92. The third-order valence-electron chi connectivity index (χ3n) is 3.39. The van der Waals surface area contributed by atoms with Gasteiger partial charge in [0.2, 0.25) is 0 Å². The van der Waals surface area contributed by atoms with E-state index in [1.54, 1.807) is 25.8 Å². The molecule has 2 N–H and O–H groups in total. The smallest absolute Gasteiger partial charge is 0.323 e. The van der Waals surface area contributed by atoms with Crippen LogP contribution in [0.4, 0.5) is 0 Å². The van der Waals surface area contributed by atoms with Gasteiger partial charge < -0.3 is 15.2 Å². The number of methoxy groups -OCH3 is 1. The monoisotopic (exact) mass is 311 g/mol. The van der Waals surface area contributed by atoms with E-state index in [-0.39, 0.29) is 0 Å². The molecule has 0 spiro atoms. The molecule has 1 rings (SSSR count). The van der Waals surface area contributed by atoms with Crippen molar-refractivity contribution in [2.75, 3.05) is 19.4 Å². The predicted molar refractivity (Wildman–Crippen MR) is 87.3 cm³/mol. The molecule has 0 saturated heterocycles. The van der Waals surface area contributed by atoms with Crippen LogP contribution in [0.25, 0.3) is 0 Å². The van der Waals surface area contributed by atoms with Gasteiger partial charge >= 0.3 is 5.97 Å². The van der Waals surface area contributed by atoms with Gasteiger partial charge in [-0.3, -0.25) is 4.79 Å². The number of benzene rings is 1. The fourth-order valence-electron chi connectivity index (χ4n) is 1.96. The van der Waals surface area contributed by atoms with Crippen LogP contribution in [0.1, 0.15) is 33.1 Å². The molecule has 0 amide bonds. The van der Waals surface area contributed by atoms with Crippen LogP contribution in [0, 0.1) is 0 Å². The maximum absolute atomic E-state index is 11.4. The van der Waals surface area contributed by atoms with Gasteiger partial charge in [-0.2, -0.15) is 0 Å². The lowest BCUT2D eigenvalue weighted by atomic mass is 9.96. The molecule has 5 heteroatoms. The average molecular weight is 311 g/mol. The molecular formula is C16H25NO3S. The van der Waals surface area contributed by atoms with Crippen molar-refractivity contribution in [3.05, 3.63) is 24.3 Å². The fraction of sp³-hybridized carbons (Fsp3) is 0.562. The quantitative estimate of drug-likeness (QED) is 0.512. The molecular weight excluding hydrogens is 286 g/mol. The highest BCUT2D eigenvalue weighted by Gasteiger charge is 2.31. The molecule has 0 bridgehead atoms. The molecule has 0 aliphatic carbocycles. The molecule has 1 unspecified atom stereocenters. The van der Waals surface area contributed by atoms with Gasteiger partial charge in [0.1, 0.15) is 11.3 Å². The van der Waals surface area contributed by atoms with E-state index in [1.807, 2.05) is 31.2 Å². The first-order chi connectivity index (χ1) is 10.0. The molecule has 21 heavy (non-hydrogen) atoms. The van der Waals surface area contributed by atoms with Crippen molar-refractivity contribution in [2.24, 2.45) is 0 Å². The zero-order valence-corrected chi connectivity index (χ0v) is 13.8. The Labute approximate surface area is 131 Å². The van der Waals surface area contributed by atoms with Crippen molar-refractivity contribution < 1.29 is 14.6 Å². The number of hydrogen-bond donors (Lipinski definition) is 2. The third-order valence-corrected chi connectivity index (χ3v) is 4.48. The first-order valence-electron chi connectivity index (χ1n) is 7.27. The second kappa shape index (κ2) is 8.95. The number of nitrogens with one attached hydrogen (secondary N) is 1. The van der Waals surface area contributed by atoms with Crippen molar-refractivity contribution >= 4 is 17.7 Å². The lowest BCUT2D eigenvalue weighted by Gasteiger charge is -2.26. The highest BCUT2D eigenvalue weighted by atomic mass is 32.2. The van der Waals surface area contributed by atoms with E-state index in [2.05, 4.69) is 5.32 Å². The maximum atomic E-state index is 11.4. The first kappa shape index (κ1) is 17.9. The van der Waals surface area contributed by atoms with E-state index in [0.717, 1.165) is 30.9 Å². The average Bonchev–Trinajstić information content (AvgIpc) is 2.50. The lowest BCUT2D eigenvalue weighted by molar-refractivity contribution is -0.144. The number of ether oxygens (including phenoxy) is 1. The number of thioether (sulfide) groups is 1. The van der Waals surface area contributed by atoms with Crippen molar-refractivity contribution in [3.63, 3.8) is 0 Å². The normalized spacial score (nSPS) is 13.7. The number of rotatable bonds is 10. The Morgan fingerprint density at radius 1 is 1.38 bits per heavy atom. The number of hydrogen-bond acceptors (Lipinski definition) is 4. The second-order valence-electron chi connectivity index (χ2n) is 5.19. The summed E-state index contributed by atoms with van der Waals surface area (Å²) in [5.74, 6) is 0.982. The molecule has 0 heterocycles. The molecule has 0 saturated carbocycles. The summed E-state index contributed by atoms with van der Waals surface area (Å²) in [6.45, 7) is 4.53. The van der Waals surface area contributed by atoms with Gasteiger partial charge in [-0.15, -0.1) is 11.8 Å². The number of carboxylic acid groups (broad SMARTS) is 1. The molecule has 4 nitrogen and oxygen atoms in total. The van der Waals surface area contributed by atoms with Gasteiger partial charge in [-0.1, -0.05) is 6.92 Å². The largest absolute Gasteiger partial charge is 0.497 e. The first-order valence-corrected chi connectivity index (χ1v) is 8.25. The maximum Gasteiger partial charge on any atom is 0.323 e. The number of carbonyl (C=O) groups is 1. The van der Waals surface area contributed by atoms with Crippen molar-refractivity contribution in [3.8, 4) is 5.75 Å².